The minimum atomic E-state index is 0.477. The second-order valence-corrected chi connectivity index (χ2v) is 5.30. The maximum absolute atomic E-state index is 6.17. The van der Waals surface area contributed by atoms with Gasteiger partial charge in [-0.1, -0.05) is 41.4 Å². The van der Waals surface area contributed by atoms with Crippen LogP contribution in [0.2, 0.25) is 10.0 Å². The maximum Gasteiger partial charge on any atom is 0.182 e. The molecule has 2 aromatic carbocycles. The zero-order valence-corrected chi connectivity index (χ0v) is 12.4. The average Bonchev–Trinajstić information content (AvgIpc) is 2.93. The molecule has 1 heterocycles. The smallest absolute Gasteiger partial charge is 0.182 e. The summed E-state index contributed by atoms with van der Waals surface area (Å²) in [4.78, 5) is 0. The second kappa shape index (κ2) is 5.71. The Balaban J connectivity index is 1.97. The highest BCUT2D eigenvalue weighted by molar-refractivity contribution is 6.33. The number of nitrogens with two attached hydrogens (primary N) is 1. The van der Waals surface area contributed by atoms with Crippen LogP contribution >= 0.6 is 23.2 Å². The Labute approximate surface area is 131 Å². The van der Waals surface area contributed by atoms with E-state index >= 15 is 0 Å². The van der Waals surface area contributed by atoms with Crippen LogP contribution in [0, 0.1) is 0 Å². The summed E-state index contributed by atoms with van der Waals surface area (Å²) >= 11 is 12.1. The van der Waals surface area contributed by atoms with Crippen molar-refractivity contribution in [2.45, 2.75) is 6.54 Å². The highest BCUT2D eigenvalue weighted by Crippen LogP contribution is 2.26. The molecule has 0 spiro atoms. The summed E-state index contributed by atoms with van der Waals surface area (Å²) in [5.41, 5.74) is 8.05. The fraction of sp³-hybridized carbons (Fsp3) is 0.0714. The van der Waals surface area contributed by atoms with E-state index in [0.717, 1.165) is 11.1 Å². The number of rotatable bonds is 3. The molecule has 0 radical (unpaired) electrons. The molecular formula is C14H11Cl2N5. The van der Waals surface area contributed by atoms with Crippen LogP contribution in [-0.2, 0) is 6.54 Å². The standard InChI is InChI=1S/C14H11Cl2N5/c15-11-4-2-1-3-10(11)8-21-14(18-19-20-21)9-5-6-12(16)13(17)7-9/h1-7H,8,17H2. The van der Waals surface area contributed by atoms with E-state index in [1.54, 1.807) is 16.8 Å². The summed E-state index contributed by atoms with van der Waals surface area (Å²) in [6.07, 6.45) is 0. The lowest BCUT2D eigenvalue weighted by molar-refractivity contribution is 0.653. The Morgan fingerprint density at radius 1 is 1.05 bits per heavy atom. The number of tetrazole rings is 1. The van der Waals surface area contributed by atoms with Gasteiger partial charge in [-0.3, -0.25) is 0 Å². The van der Waals surface area contributed by atoms with Gasteiger partial charge in [0, 0.05) is 10.6 Å². The Bertz CT molecular complexity index is 785. The third-order valence-electron chi connectivity index (χ3n) is 3.06. The number of nitrogen functional groups attached to an aromatic ring is 1. The second-order valence-electron chi connectivity index (χ2n) is 4.49. The lowest BCUT2D eigenvalue weighted by Gasteiger charge is -2.07. The Morgan fingerprint density at radius 2 is 1.86 bits per heavy atom. The van der Waals surface area contributed by atoms with Gasteiger partial charge in [0.2, 0.25) is 0 Å². The normalized spacial score (nSPS) is 10.8. The molecule has 0 saturated heterocycles. The highest BCUT2D eigenvalue weighted by atomic mass is 35.5. The number of nitrogens with zero attached hydrogens (tertiary/aromatic N) is 4. The van der Waals surface area contributed by atoms with Gasteiger partial charge >= 0.3 is 0 Å². The van der Waals surface area contributed by atoms with Crippen LogP contribution in [0.3, 0.4) is 0 Å². The van der Waals surface area contributed by atoms with Crippen LogP contribution < -0.4 is 5.73 Å². The summed E-state index contributed by atoms with van der Waals surface area (Å²) in [6.45, 7) is 0.477. The van der Waals surface area contributed by atoms with E-state index in [0.29, 0.717) is 28.1 Å². The minimum Gasteiger partial charge on any atom is -0.398 e. The van der Waals surface area contributed by atoms with E-state index in [-0.39, 0.29) is 0 Å². The van der Waals surface area contributed by atoms with E-state index in [1.165, 1.54) is 0 Å². The first-order valence-corrected chi connectivity index (χ1v) is 6.95. The molecule has 1 aromatic heterocycles. The van der Waals surface area contributed by atoms with Crippen LogP contribution in [0.5, 0.6) is 0 Å². The van der Waals surface area contributed by atoms with Gasteiger partial charge in [-0.05, 0) is 40.3 Å². The fourth-order valence-electron chi connectivity index (χ4n) is 1.99. The molecule has 0 bridgehead atoms. The summed E-state index contributed by atoms with van der Waals surface area (Å²) in [5, 5.41) is 12.9. The predicted molar refractivity (Wildman–Crippen MR) is 83.2 cm³/mol. The van der Waals surface area contributed by atoms with Crippen LogP contribution in [0.25, 0.3) is 11.4 Å². The van der Waals surface area contributed by atoms with Crippen molar-refractivity contribution in [1.82, 2.24) is 20.2 Å². The average molecular weight is 320 g/mol. The molecule has 0 aliphatic carbocycles. The molecule has 5 nitrogen and oxygen atoms in total. The first-order valence-electron chi connectivity index (χ1n) is 6.20. The van der Waals surface area contributed by atoms with Gasteiger partial charge in [-0.25, -0.2) is 4.68 Å². The number of anilines is 1. The van der Waals surface area contributed by atoms with Crippen LogP contribution in [0.4, 0.5) is 5.69 Å². The molecule has 0 aliphatic heterocycles. The van der Waals surface area contributed by atoms with Gasteiger partial charge < -0.3 is 5.73 Å². The zero-order valence-electron chi connectivity index (χ0n) is 10.9. The summed E-state index contributed by atoms with van der Waals surface area (Å²) < 4.78 is 1.67. The van der Waals surface area contributed by atoms with Gasteiger partial charge in [0.05, 0.1) is 17.3 Å². The van der Waals surface area contributed by atoms with E-state index in [9.17, 15) is 0 Å². The summed E-state index contributed by atoms with van der Waals surface area (Å²) in [7, 11) is 0. The first kappa shape index (κ1) is 13.9. The van der Waals surface area contributed by atoms with Crippen molar-refractivity contribution in [1.29, 1.82) is 0 Å². The molecular weight excluding hydrogens is 309 g/mol. The SMILES string of the molecule is Nc1cc(-c2nnnn2Cc2ccccc2Cl)ccc1Cl. The monoisotopic (exact) mass is 319 g/mol. The number of halogens is 2. The molecule has 2 N–H and O–H groups in total. The number of hydrogen-bond acceptors (Lipinski definition) is 4. The van der Waals surface area contributed by atoms with Crippen molar-refractivity contribution in [3.8, 4) is 11.4 Å². The Kier molecular flexibility index (Phi) is 3.77. The Morgan fingerprint density at radius 3 is 2.62 bits per heavy atom. The quantitative estimate of drug-likeness (QED) is 0.752. The van der Waals surface area contributed by atoms with Crippen molar-refractivity contribution in [2.75, 3.05) is 5.73 Å². The van der Waals surface area contributed by atoms with Gasteiger partial charge in [0.15, 0.2) is 5.82 Å². The summed E-state index contributed by atoms with van der Waals surface area (Å²) in [5.74, 6) is 0.610. The third-order valence-corrected chi connectivity index (χ3v) is 3.78. The zero-order chi connectivity index (χ0) is 14.8. The highest BCUT2D eigenvalue weighted by Gasteiger charge is 2.11. The molecule has 0 saturated carbocycles. The molecule has 0 aliphatic rings. The molecule has 21 heavy (non-hydrogen) atoms. The molecule has 0 amide bonds. The molecule has 3 rings (SSSR count). The van der Waals surface area contributed by atoms with Gasteiger partial charge in [0.25, 0.3) is 0 Å². The number of aromatic nitrogens is 4. The van der Waals surface area contributed by atoms with Crippen molar-refractivity contribution in [2.24, 2.45) is 0 Å². The van der Waals surface area contributed by atoms with Crippen molar-refractivity contribution in [3.63, 3.8) is 0 Å². The lowest BCUT2D eigenvalue weighted by Crippen LogP contribution is -2.05. The molecule has 0 unspecified atom stereocenters. The van der Waals surface area contributed by atoms with Crippen molar-refractivity contribution >= 4 is 28.9 Å². The first-order chi connectivity index (χ1) is 10.1. The largest absolute Gasteiger partial charge is 0.398 e. The molecule has 3 aromatic rings. The third kappa shape index (κ3) is 2.84. The van der Waals surface area contributed by atoms with E-state index in [1.807, 2.05) is 30.3 Å². The van der Waals surface area contributed by atoms with Crippen molar-refractivity contribution < 1.29 is 0 Å². The van der Waals surface area contributed by atoms with E-state index in [2.05, 4.69) is 15.5 Å². The van der Waals surface area contributed by atoms with Gasteiger partial charge in [0.1, 0.15) is 0 Å². The molecule has 7 heteroatoms. The topological polar surface area (TPSA) is 69.6 Å². The van der Waals surface area contributed by atoms with Gasteiger partial charge in [-0.15, -0.1) is 5.10 Å². The molecule has 0 fully saturated rings. The lowest BCUT2D eigenvalue weighted by atomic mass is 10.2. The van der Waals surface area contributed by atoms with Crippen LogP contribution in [0.1, 0.15) is 5.56 Å². The van der Waals surface area contributed by atoms with E-state index < -0.39 is 0 Å². The number of hydrogen-bond donors (Lipinski definition) is 1. The van der Waals surface area contributed by atoms with Crippen molar-refractivity contribution in [3.05, 3.63) is 58.1 Å². The van der Waals surface area contributed by atoms with Gasteiger partial charge in [-0.2, -0.15) is 0 Å². The van der Waals surface area contributed by atoms with Crippen LogP contribution in [-0.4, -0.2) is 20.2 Å². The maximum atomic E-state index is 6.17. The van der Waals surface area contributed by atoms with Crippen LogP contribution in [0.15, 0.2) is 42.5 Å². The molecule has 106 valence electrons. The molecule has 0 atom stereocenters. The van der Waals surface area contributed by atoms with E-state index in [4.69, 9.17) is 28.9 Å². The minimum absolute atomic E-state index is 0.477. The fourth-order valence-corrected chi connectivity index (χ4v) is 2.30. The predicted octanol–water partition coefficient (Wildman–Crippen LogP) is 3.28. The summed E-state index contributed by atoms with van der Waals surface area (Å²) in [6, 6.07) is 12.9. The Hall–Kier alpha value is -2.11. The number of benzene rings is 2.